The molecule has 0 bridgehead atoms. The van der Waals surface area contributed by atoms with Crippen LogP contribution in [0.4, 0.5) is 0 Å². The molecule has 0 aliphatic carbocycles. The van der Waals surface area contributed by atoms with Crippen molar-refractivity contribution in [1.29, 1.82) is 0 Å². The predicted octanol–water partition coefficient (Wildman–Crippen LogP) is 1.35. The number of hydrogen-bond donors (Lipinski definition) is 1. The van der Waals surface area contributed by atoms with Crippen LogP contribution < -0.4 is 5.32 Å². The fraction of sp³-hybridized carbons (Fsp3) is 0.818. The molecule has 1 fully saturated rings. The Bertz CT molecular complexity index is 171. The molecule has 0 spiro atoms. The summed E-state index contributed by atoms with van der Waals surface area (Å²) in [6.45, 7) is 4.38. The molecule has 0 aromatic heterocycles. The molecule has 1 aliphatic heterocycles. The zero-order valence-corrected chi connectivity index (χ0v) is 9.16. The van der Waals surface area contributed by atoms with Gasteiger partial charge in [0, 0.05) is 6.54 Å². The van der Waals surface area contributed by atoms with Crippen LogP contribution in [0.25, 0.3) is 0 Å². The van der Waals surface area contributed by atoms with E-state index in [0.29, 0.717) is 18.8 Å². The fourth-order valence-electron chi connectivity index (χ4n) is 1.64. The lowest BCUT2D eigenvalue weighted by atomic mass is 10.2. The van der Waals surface area contributed by atoms with Gasteiger partial charge in [-0.25, -0.2) is 0 Å². The van der Waals surface area contributed by atoms with E-state index in [-0.39, 0.29) is 0 Å². The van der Waals surface area contributed by atoms with Crippen LogP contribution in [-0.4, -0.2) is 39.0 Å². The minimum atomic E-state index is 0.304. The summed E-state index contributed by atoms with van der Waals surface area (Å²) < 4.78 is 11.2. The lowest BCUT2D eigenvalue weighted by Gasteiger charge is -2.12. The largest absolute Gasteiger partial charge is 0.375 e. The molecule has 3 nitrogen and oxygen atoms in total. The summed E-state index contributed by atoms with van der Waals surface area (Å²) in [6, 6.07) is 0. The van der Waals surface area contributed by atoms with Crippen LogP contribution in [0.2, 0.25) is 0 Å². The standard InChI is InChI=1S/C11H21NO2/c1-3-4-7-13-9-11-6-5-10(14-11)8-12-2/h3-4,10-12H,5-9H2,1-2H3. The second-order valence-electron chi connectivity index (χ2n) is 3.62. The summed E-state index contributed by atoms with van der Waals surface area (Å²) in [7, 11) is 1.96. The van der Waals surface area contributed by atoms with E-state index < -0.39 is 0 Å². The molecular weight excluding hydrogens is 178 g/mol. The molecule has 2 atom stereocenters. The number of likely N-dealkylation sites (N-methyl/N-ethyl adjacent to an activating group) is 1. The van der Waals surface area contributed by atoms with E-state index in [1.165, 1.54) is 0 Å². The molecule has 0 amide bonds. The van der Waals surface area contributed by atoms with Gasteiger partial charge in [-0.05, 0) is 26.8 Å². The van der Waals surface area contributed by atoms with Crippen LogP contribution in [-0.2, 0) is 9.47 Å². The zero-order valence-electron chi connectivity index (χ0n) is 9.16. The Labute approximate surface area is 86.5 Å². The van der Waals surface area contributed by atoms with Crippen LogP contribution in [0.1, 0.15) is 19.8 Å². The van der Waals surface area contributed by atoms with Crippen LogP contribution in [0.3, 0.4) is 0 Å². The van der Waals surface area contributed by atoms with Crippen molar-refractivity contribution in [2.75, 3.05) is 26.8 Å². The average Bonchev–Trinajstić information content (AvgIpc) is 2.61. The van der Waals surface area contributed by atoms with Crippen LogP contribution >= 0.6 is 0 Å². The number of hydrogen-bond acceptors (Lipinski definition) is 3. The fourth-order valence-corrected chi connectivity index (χ4v) is 1.64. The third kappa shape index (κ3) is 4.22. The second-order valence-corrected chi connectivity index (χ2v) is 3.62. The summed E-state index contributed by atoms with van der Waals surface area (Å²) in [4.78, 5) is 0. The van der Waals surface area contributed by atoms with E-state index in [1.807, 2.05) is 26.1 Å². The first-order chi connectivity index (χ1) is 6.86. The Morgan fingerprint density at radius 3 is 2.93 bits per heavy atom. The van der Waals surface area contributed by atoms with Crippen LogP contribution in [0.5, 0.6) is 0 Å². The molecule has 14 heavy (non-hydrogen) atoms. The smallest absolute Gasteiger partial charge is 0.0814 e. The molecule has 82 valence electrons. The summed E-state index contributed by atoms with van der Waals surface area (Å²) in [5, 5.41) is 3.13. The maximum absolute atomic E-state index is 5.77. The molecule has 0 aromatic carbocycles. The Balaban J connectivity index is 2.04. The monoisotopic (exact) mass is 199 g/mol. The number of ether oxygens (including phenoxy) is 2. The van der Waals surface area contributed by atoms with Crippen molar-refractivity contribution >= 4 is 0 Å². The van der Waals surface area contributed by atoms with E-state index >= 15 is 0 Å². The molecule has 2 unspecified atom stereocenters. The van der Waals surface area contributed by atoms with E-state index in [0.717, 1.165) is 26.0 Å². The molecule has 0 aromatic rings. The minimum absolute atomic E-state index is 0.304. The Kier molecular flexibility index (Phi) is 5.83. The maximum atomic E-state index is 5.77. The van der Waals surface area contributed by atoms with Crippen molar-refractivity contribution in [2.24, 2.45) is 0 Å². The van der Waals surface area contributed by atoms with Gasteiger partial charge in [0.15, 0.2) is 0 Å². The SMILES string of the molecule is CC=CCOCC1CCC(CNC)O1. The molecular formula is C11H21NO2. The average molecular weight is 199 g/mol. The van der Waals surface area contributed by atoms with Crippen molar-refractivity contribution < 1.29 is 9.47 Å². The van der Waals surface area contributed by atoms with Gasteiger partial charge in [-0.1, -0.05) is 12.2 Å². The summed E-state index contributed by atoms with van der Waals surface area (Å²) in [6.07, 6.45) is 6.98. The second kappa shape index (κ2) is 6.98. The van der Waals surface area contributed by atoms with E-state index in [2.05, 4.69) is 5.32 Å². The molecule has 0 saturated carbocycles. The van der Waals surface area contributed by atoms with E-state index in [1.54, 1.807) is 0 Å². The Hall–Kier alpha value is -0.380. The highest BCUT2D eigenvalue weighted by atomic mass is 16.5. The van der Waals surface area contributed by atoms with Gasteiger partial charge >= 0.3 is 0 Å². The molecule has 1 saturated heterocycles. The third-order valence-electron chi connectivity index (χ3n) is 2.38. The quantitative estimate of drug-likeness (QED) is 0.517. The summed E-state index contributed by atoms with van der Waals surface area (Å²) in [5.41, 5.74) is 0. The first-order valence-electron chi connectivity index (χ1n) is 5.35. The molecule has 1 N–H and O–H groups in total. The van der Waals surface area contributed by atoms with Crippen molar-refractivity contribution in [3.63, 3.8) is 0 Å². The van der Waals surface area contributed by atoms with Crippen molar-refractivity contribution in [2.45, 2.75) is 32.0 Å². The van der Waals surface area contributed by atoms with Crippen LogP contribution in [0.15, 0.2) is 12.2 Å². The lowest BCUT2D eigenvalue weighted by molar-refractivity contribution is -0.00755. The van der Waals surface area contributed by atoms with Gasteiger partial charge in [0.05, 0.1) is 25.4 Å². The minimum Gasteiger partial charge on any atom is -0.375 e. The van der Waals surface area contributed by atoms with Gasteiger partial charge in [0.2, 0.25) is 0 Å². The zero-order chi connectivity index (χ0) is 10.2. The number of rotatable bonds is 6. The molecule has 3 heteroatoms. The highest BCUT2D eigenvalue weighted by Crippen LogP contribution is 2.19. The highest BCUT2D eigenvalue weighted by molar-refractivity contribution is 4.78. The Morgan fingerprint density at radius 2 is 2.21 bits per heavy atom. The van der Waals surface area contributed by atoms with Gasteiger partial charge in [0.1, 0.15) is 0 Å². The molecule has 1 heterocycles. The highest BCUT2D eigenvalue weighted by Gasteiger charge is 2.24. The first-order valence-corrected chi connectivity index (χ1v) is 5.35. The molecule has 1 rings (SSSR count). The maximum Gasteiger partial charge on any atom is 0.0814 e. The van der Waals surface area contributed by atoms with Gasteiger partial charge in [-0.2, -0.15) is 0 Å². The number of allylic oxidation sites excluding steroid dienone is 1. The first kappa shape index (κ1) is 11.7. The van der Waals surface area contributed by atoms with Gasteiger partial charge in [-0.3, -0.25) is 0 Å². The lowest BCUT2D eigenvalue weighted by Crippen LogP contribution is -2.25. The van der Waals surface area contributed by atoms with E-state index in [4.69, 9.17) is 9.47 Å². The molecule has 1 aliphatic rings. The molecule has 0 radical (unpaired) electrons. The summed E-state index contributed by atoms with van der Waals surface area (Å²) in [5.74, 6) is 0. The van der Waals surface area contributed by atoms with Gasteiger partial charge in [-0.15, -0.1) is 0 Å². The van der Waals surface area contributed by atoms with Gasteiger partial charge < -0.3 is 14.8 Å². The topological polar surface area (TPSA) is 30.5 Å². The third-order valence-corrected chi connectivity index (χ3v) is 2.38. The van der Waals surface area contributed by atoms with E-state index in [9.17, 15) is 0 Å². The van der Waals surface area contributed by atoms with Gasteiger partial charge in [0.25, 0.3) is 0 Å². The van der Waals surface area contributed by atoms with Crippen molar-refractivity contribution in [3.8, 4) is 0 Å². The van der Waals surface area contributed by atoms with Crippen molar-refractivity contribution in [3.05, 3.63) is 12.2 Å². The van der Waals surface area contributed by atoms with Crippen molar-refractivity contribution in [1.82, 2.24) is 5.32 Å². The normalized spacial score (nSPS) is 27.6. The predicted molar refractivity (Wildman–Crippen MR) is 57.5 cm³/mol. The summed E-state index contributed by atoms with van der Waals surface area (Å²) >= 11 is 0. The Morgan fingerprint density at radius 1 is 1.43 bits per heavy atom. The number of nitrogens with one attached hydrogen (secondary N) is 1. The van der Waals surface area contributed by atoms with Crippen LogP contribution in [0, 0.1) is 0 Å².